The summed E-state index contributed by atoms with van der Waals surface area (Å²) in [5, 5.41) is 0. The molecule has 3 aromatic rings. The van der Waals surface area contributed by atoms with Gasteiger partial charge < -0.3 is 18.9 Å². The smallest absolute Gasteiger partial charge is 0.255 e. The van der Waals surface area contributed by atoms with Gasteiger partial charge in [-0.15, -0.1) is 0 Å². The fourth-order valence-electron chi connectivity index (χ4n) is 4.39. The summed E-state index contributed by atoms with van der Waals surface area (Å²) in [7, 11) is 0. The Labute approximate surface area is 181 Å². The summed E-state index contributed by atoms with van der Waals surface area (Å²) in [4.78, 5) is 28.8. The molecule has 0 spiro atoms. The first kappa shape index (κ1) is 20.1. The summed E-state index contributed by atoms with van der Waals surface area (Å²) in [5.41, 5.74) is 2.96. The molecule has 0 saturated carbocycles. The molecule has 5 rings (SSSR count). The largest absolute Gasteiger partial charge is 0.381 e. The first-order chi connectivity index (χ1) is 15.3. The van der Waals surface area contributed by atoms with Gasteiger partial charge in [-0.05, 0) is 43.9 Å². The second-order valence-corrected chi connectivity index (χ2v) is 8.20. The SMILES string of the molecule is O=C(c1cnc2c(c1)ncn2C1CCOCC1)N(Cc1ccccn1)CC1CCCO1. The Morgan fingerprint density at radius 1 is 1.13 bits per heavy atom. The first-order valence-electron chi connectivity index (χ1n) is 11.0. The van der Waals surface area contributed by atoms with Crippen LogP contribution in [0.2, 0.25) is 0 Å². The highest BCUT2D eigenvalue weighted by atomic mass is 16.5. The number of nitrogens with zero attached hydrogens (tertiary/aromatic N) is 5. The topological polar surface area (TPSA) is 82.4 Å². The highest BCUT2D eigenvalue weighted by Gasteiger charge is 2.25. The lowest BCUT2D eigenvalue weighted by molar-refractivity contribution is 0.0504. The standard InChI is InChI=1S/C23H27N5O3/c29-23(27(15-20-5-3-9-31-20)14-18-4-1-2-8-24-18)17-12-21-22(25-13-17)28(16-26-21)19-6-10-30-11-7-19/h1-2,4,8,12-13,16,19-20H,3,5-7,9-11,14-15H2. The lowest BCUT2D eigenvalue weighted by Crippen LogP contribution is -2.37. The molecule has 0 N–H and O–H groups in total. The number of carbonyl (C=O) groups is 1. The number of amides is 1. The molecule has 2 aliphatic rings. The molecule has 0 aliphatic carbocycles. The summed E-state index contributed by atoms with van der Waals surface area (Å²) in [6, 6.07) is 7.94. The number of carbonyl (C=O) groups excluding carboxylic acids is 1. The van der Waals surface area contributed by atoms with Crippen LogP contribution in [0, 0.1) is 0 Å². The third kappa shape index (κ3) is 4.45. The van der Waals surface area contributed by atoms with Crippen LogP contribution in [-0.2, 0) is 16.0 Å². The van der Waals surface area contributed by atoms with E-state index in [9.17, 15) is 4.79 Å². The van der Waals surface area contributed by atoms with Gasteiger partial charge in [0.1, 0.15) is 5.52 Å². The zero-order valence-corrected chi connectivity index (χ0v) is 17.5. The highest BCUT2D eigenvalue weighted by Crippen LogP contribution is 2.25. The average molecular weight is 422 g/mol. The summed E-state index contributed by atoms with van der Waals surface area (Å²) in [6.45, 7) is 3.25. The van der Waals surface area contributed by atoms with Crippen molar-refractivity contribution >= 4 is 17.1 Å². The molecule has 31 heavy (non-hydrogen) atoms. The predicted molar refractivity (Wildman–Crippen MR) is 115 cm³/mol. The van der Waals surface area contributed by atoms with Crippen molar-refractivity contribution < 1.29 is 14.3 Å². The van der Waals surface area contributed by atoms with Gasteiger partial charge in [0.2, 0.25) is 0 Å². The summed E-state index contributed by atoms with van der Waals surface area (Å²) >= 11 is 0. The molecule has 0 bridgehead atoms. The molecule has 162 valence electrons. The average Bonchev–Trinajstić information content (AvgIpc) is 3.49. The number of ether oxygens (including phenoxy) is 2. The Kier molecular flexibility index (Phi) is 5.90. The zero-order chi connectivity index (χ0) is 21.0. The van der Waals surface area contributed by atoms with Crippen LogP contribution in [0.1, 0.15) is 47.8 Å². The van der Waals surface area contributed by atoms with Crippen LogP contribution in [0.25, 0.3) is 11.2 Å². The van der Waals surface area contributed by atoms with Crippen molar-refractivity contribution in [3.63, 3.8) is 0 Å². The molecule has 2 fully saturated rings. The molecule has 1 amide bonds. The number of fused-ring (bicyclic) bond motifs is 1. The van der Waals surface area contributed by atoms with Crippen LogP contribution in [0.4, 0.5) is 0 Å². The van der Waals surface area contributed by atoms with Gasteiger partial charge in [0.25, 0.3) is 5.91 Å². The number of imidazole rings is 1. The van der Waals surface area contributed by atoms with E-state index in [0.29, 0.717) is 24.7 Å². The van der Waals surface area contributed by atoms with Gasteiger partial charge in [-0.3, -0.25) is 9.78 Å². The van der Waals surface area contributed by atoms with Crippen molar-refractivity contribution in [2.45, 2.75) is 44.4 Å². The molecule has 0 aromatic carbocycles. The van der Waals surface area contributed by atoms with Gasteiger partial charge in [-0.2, -0.15) is 0 Å². The van der Waals surface area contributed by atoms with Crippen molar-refractivity contribution in [3.8, 4) is 0 Å². The minimum absolute atomic E-state index is 0.0667. The number of rotatable bonds is 6. The van der Waals surface area contributed by atoms with Gasteiger partial charge in [0, 0.05) is 44.8 Å². The normalized spacial score (nSPS) is 19.7. The molecule has 1 unspecified atom stereocenters. The Balaban J connectivity index is 1.39. The maximum absolute atomic E-state index is 13.4. The fraction of sp³-hybridized carbons (Fsp3) is 0.478. The van der Waals surface area contributed by atoms with E-state index in [4.69, 9.17) is 9.47 Å². The minimum atomic E-state index is -0.0730. The Morgan fingerprint density at radius 3 is 2.81 bits per heavy atom. The van der Waals surface area contributed by atoms with Crippen molar-refractivity contribution in [1.82, 2.24) is 24.4 Å². The van der Waals surface area contributed by atoms with Crippen molar-refractivity contribution in [3.05, 3.63) is 54.2 Å². The first-order valence-corrected chi connectivity index (χ1v) is 11.0. The lowest BCUT2D eigenvalue weighted by atomic mass is 10.1. The molecule has 0 radical (unpaired) electrons. The third-order valence-electron chi connectivity index (χ3n) is 6.06. The van der Waals surface area contributed by atoms with Crippen molar-refractivity contribution in [2.75, 3.05) is 26.4 Å². The fourth-order valence-corrected chi connectivity index (χ4v) is 4.39. The van der Waals surface area contributed by atoms with E-state index >= 15 is 0 Å². The van der Waals surface area contributed by atoms with Gasteiger partial charge in [-0.25, -0.2) is 9.97 Å². The van der Waals surface area contributed by atoms with Gasteiger partial charge in [-0.1, -0.05) is 6.07 Å². The Hall–Kier alpha value is -2.84. The van der Waals surface area contributed by atoms with Gasteiger partial charge in [0.15, 0.2) is 5.65 Å². The molecule has 8 heteroatoms. The lowest BCUT2D eigenvalue weighted by Gasteiger charge is -2.25. The van der Waals surface area contributed by atoms with Crippen LogP contribution in [0.5, 0.6) is 0 Å². The Bertz CT molecular complexity index is 1030. The monoisotopic (exact) mass is 421 g/mol. The van der Waals surface area contributed by atoms with Crippen LogP contribution >= 0.6 is 0 Å². The van der Waals surface area contributed by atoms with Crippen molar-refractivity contribution in [1.29, 1.82) is 0 Å². The van der Waals surface area contributed by atoms with E-state index < -0.39 is 0 Å². The molecular weight excluding hydrogens is 394 g/mol. The van der Waals surface area contributed by atoms with E-state index in [0.717, 1.165) is 62.4 Å². The van der Waals surface area contributed by atoms with Gasteiger partial charge >= 0.3 is 0 Å². The predicted octanol–water partition coefficient (Wildman–Crippen LogP) is 3.00. The summed E-state index contributed by atoms with van der Waals surface area (Å²) < 4.78 is 13.4. The van der Waals surface area contributed by atoms with E-state index in [1.54, 1.807) is 12.4 Å². The van der Waals surface area contributed by atoms with Crippen LogP contribution in [0.15, 0.2) is 43.0 Å². The zero-order valence-electron chi connectivity index (χ0n) is 17.5. The van der Waals surface area contributed by atoms with Crippen LogP contribution in [-0.4, -0.2) is 62.8 Å². The number of pyridine rings is 2. The summed E-state index contributed by atoms with van der Waals surface area (Å²) in [6.07, 6.45) is 9.23. The second kappa shape index (κ2) is 9.11. The molecule has 8 nitrogen and oxygen atoms in total. The van der Waals surface area contributed by atoms with E-state index in [-0.39, 0.29) is 12.0 Å². The van der Waals surface area contributed by atoms with Crippen LogP contribution in [0.3, 0.4) is 0 Å². The maximum Gasteiger partial charge on any atom is 0.255 e. The number of hydrogen-bond donors (Lipinski definition) is 0. The summed E-state index contributed by atoms with van der Waals surface area (Å²) in [5.74, 6) is -0.0730. The number of hydrogen-bond acceptors (Lipinski definition) is 6. The molecule has 2 aliphatic heterocycles. The van der Waals surface area contributed by atoms with Crippen LogP contribution < -0.4 is 0 Å². The second-order valence-electron chi connectivity index (χ2n) is 8.20. The molecular formula is C23H27N5O3. The maximum atomic E-state index is 13.4. The number of aromatic nitrogens is 4. The van der Waals surface area contributed by atoms with E-state index in [1.165, 1.54) is 0 Å². The molecule has 1 atom stereocenters. The molecule has 5 heterocycles. The van der Waals surface area contributed by atoms with Gasteiger partial charge in [0.05, 0.1) is 30.2 Å². The quantitative estimate of drug-likeness (QED) is 0.609. The minimum Gasteiger partial charge on any atom is -0.381 e. The van der Waals surface area contributed by atoms with E-state index in [2.05, 4.69) is 19.5 Å². The van der Waals surface area contributed by atoms with E-state index in [1.807, 2.05) is 35.5 Å². The Morgan fingerprint density at radius 2 is 2.03 bits per heavy atom. The molecule has 2 saturated heterocycles. The third-order valence-corrected chi connectivity index (χ3v) is 6.06. The van der Waals surface area contributed by atoms with Crippen molar-refractivity contribution in [2.24, 2.45) is 0 Å². The highest BCUT2D eigenvalue weighted by molar-refractivity contribution is 5.96. The molecule has 3 aromatic heterocycles.